The molecule has 3 N–H and O–H groups in total. The molecule has 13 heteroatoms. The van der Waals surface area contributed by atoms with Gasteiger partial charge in [-0.1, -0.05) is 84.0 Å². The molecule has 0 radical (unpaired) electrons. The van der Waals surface area contributed by atoms with Crippen LogP contribution in [0.25, 0.3) is 0 Å². The van der Waals surface area contributed by atoms with Crippen molar-refractivity contribution in [3.8, 4) is 0 Å². The van der Waals surface area contributed by atoms with Crippen LogP contribution in [0, 0.1) is 0 Å². The Hall–Kier alpha value is -0.350. The summed E-state index contributed by atoms with van der Waals surface area (Å²) in [5.41, 5.74) is 0. The minimum absolute atomic E-state index is 0.0295. The van der Waals surface area contributed by atoms with Crippen LogP contribution in [0.5, 0.6) is 0 Å². The lowest BCUT2D eigenvalue weighted by atomic mass is 10.0. The average molecular weight is 588 g/mol. The first-order valence-electron chi connectivity index (χ1n) is 14.3. The number of unbranched alkanes of at least 4 members (excludes halogenated alkanes) is 12. The van der Waals surface area contributed by atoms with Gasteiger partial charge in [-0.2, -0.15) is 0 Å². The van der Waals surface area contributed by atoms with Gasteiger partial charge in [0.25, 0.3) is 0 Å². The summed E-state index contributed by atoms with van der Waals surface area (Å²) in [7, 11) is -7.52. The number of amides is 1. The first kappa shape index (κ1) is 35.7. The molecular weight excluding hydrogens is 536 g/mol. The number of nitrogens with one attached hydrogen (secondary N) is 1. The fourth-order valence-electron chi connectivity index (χ4n) is 4.20. The molecule has 226 valence electrons. The van der Waals surface area contributed by atoms with Crippen LogP contribution >= 0.6 is 15.6 Å². The molecule has 1 fully saturated rings. The van der Waals surface area contributed by atoms with E-state index in [4.69, 9.17) is 18.3 Å². The molecule has 1 amide bonds. The third kappa shape index (κ3) is 18.9. The van der Waals surface area contributed by atoms with Gasteiger partial charge < -0.3 is 19.8 Å². The van der Waals surface area contributed by atoms with Gasteiger partial charge in [-0.25, -0.2) is 9.13 Å². The van der Waals surface area contributed by atoms with E-state index >= 15 is 0 Å². The summed E-state index contributed by atoms with van der Waals surface area (Å²) in [5, 5.41) is 2.79. The summed E-state index contributed by atoms with van der Waals surface area (Å²) in [6.07, 6.45) is 15.9. The molecule has 1 rings (SSSR count). The smallest absolute Gasteiger partial charge is 0.373 e. The zero-order valence-corrected chi connectivity index (χ0v) is 25.1. The summed E-state index contributed by atoms with van der Waals surface area (Å²) < 4.78 is 48.2. The van der Waals surface area contributed by atoms with E-state index in [2.05, 4.69) is 16.8 Å². The largest absolute Gasteiger partial charge is 0.472 e. The number of hydrogen-bond donors (Lipinski definition) is 3. The van der Waals surface area contributed by atoms with Gasteiger partial charge in [-0.05, 0) is 12.8 Å². The van der Waals surface area contributed by atoms with Crippen molar-refractivity contribution in [2.75, 3.05) is 33.5 Å². The molecule has 1 aliphatic rings. The number of carbonyl (C=O) groups is 1. The van der Waals surface area contributed by atoms with Gasteiger partial charge in [-0.15, -0.1) is 0 Å². The first-order valence-corrected chi connectivity index (χ1v) is 17.3. The maximum atomic E-state index is 12.1. The van der Waals surface area contributed by atoms with Gasteiger partial charge in [0.15, 0.2) is 0 Å². The highest BCUT2D eigenvalue weighted by atomic mass is 31.2. The fourth-order valence-corrected chi connectivity index (χ4v) is 5.63. The van der Waals surface area contributed by atoms with Crippen LogP contribution in [0.3, 0.4) is 0 Å². The molecule has 0 aromatic heterocycles. The fraction of sp³-hybridized carbons (Fsp3) is 0.960. The lowest BCUT2D eigenvalue weighted by molar-refractivity contribution is -0.121. The zero-order chi connectivity index (χ0) is 28.1. The van der Waals surface area contributed by atoms with E-state index < -0.39 is 27.9 Å². The van der Waals surface area contributed by atoms with Gasteiger partial charge in [0.2, 0.25) is 5.91 Å². The van der Waals surface area contributed by atoms with Gasteiger partial charge in [-0.3, -0.25) is 22.9 Å². The van der Waals surface area contributed by atoms with Crippen LogP contribution in [0.2, 0.25) is 0 Å². The van der Waals surface area contributed by atoms with E-state index in [0.29, 0.717) is 25.8 Å². The SMILES string of the molecule is CCCCCCCCCCCCCCCC(=O)NCCCOP(=O)(O)OCC1OCCC1OP(=O)(O)OC. The summed E-state index contributed by atoms with van der Waals surface area (Å²) in [6.45, 7) is 2.40. The van der Waals surface area contributed by atoms with E-state index in [0.717, 1.165) is 26.4 Å². The van der Waals surface area contributed by atoms with Crippen molar-refractivity contribution in [3.63, 3.8) is 0 Å². The van der Waals surface area contributed by atoms with E-state index in [1.165, 1.54) is 64.2 Å². The highest BCUT2D eigenvalue weighted by molar-refractivity contribution is 7.47. The number of rotatable bonds is 25. The van der Waals surface area contributed by atoms with Gasteiger partial charge in [0.05, 0.1) is 13.2 Å². The van der Waals surface area contributed by atoms with E-state index in [1.807, 2.05) is 0 Å². The molecule has 38 heavy (non-hydrogen) atoms. The molecular formula is C25H51NO10P2. The standard InChI is InChI=1S/C25H51NO10P2/c1-3-4-5-6-7-8-9-10-11-12-13-14-15-17-25(27)26-19-16-20-34-38(30,31)35-22-24-23(18-21-33-24)36-37(28,29)32-2/h23-24H,3-22H2,1-2H3,(H,26,27)(H,28,29)(H,30,31). The Bertz CT molecular complexity index is 712. The van der Waals surface area contributed by atoms with Crippen molar-refractivity contribution in [2.24, 2.45) is 0 Å². The third-order valence-corrected chi connectivity index (χ3v) is 8.44. The Morgan fingerprint density at radius 2 is 1.45 bits per heavy atom. The van der Waals surface area contributed by atoms with Crippen molar-refractivity contribution in [2.45, 2.75) is 122 Å². The van der Waals surface area contributed by atoms with Crippen molar-refractivity contribution >= 4 is 21.6 Å². The molecule has 0 saturated carbocycles. The normalized spacial score (nSPS) is 20.7. The Morgan fingerprint density at radius 3 is 2.03 bits per heavy atom. The Morgan fingerprint density at radius 1 is 0.868 bits per heavy atom. The lowest BCUT2D eigenvalue weighted by Crippen LogP contribution is -2.28. The average Bonchev–Trinajstić information content (AvgIpc) is 3.31. The predicted octanol–water partition coefficient (Wildman–Crippen LogP) is 6.03. The molecule has 0 aromatic rings. The summed E-state index contributed by atoms with van der Waals surface area (Å²) in [6, 6.07) is 0. The highest BCUT2D eigenvalue weighted by Crippen LogP contribution is 2.47. The minimum atomic E-state index is -4.35. The second-order valence-electron chi connectivity index (χ2n) is 9.79. The van der Waals surface area contributed by atoms with E-state index in [1.54, 1.807) is 0 Å². The molecule has 11 nitrogen and oxygen atoms in total. The monoisotopic (exact) mass is 587 g/mol. The van der Waals surface area contributed by atoms with Crippen molar-refractivity contribution in [3.05, 3.63) is 0 Å². The van der Waals surface area contributed by atoms with E-state index in [9.17, 15) is 23.7 Å². The molecule has 4 unspecified atom stereocenters. The Kier molecular flexibility index (Phi) is 20.1. The van der Waals surface area contributed by atoms with Crippen molar-refractivity contribution in [1.29, 1.82) is 0 Å². The lowest BCUT2D eigenvalue weighted by Gasteiger charge is -2.21. The van der Waals surface area contributed by atoms with Gasteiger partial charge >= 0.3 is 15.6 Å². The molecule has 4 atom stereocenters. The molecule has 1 aliphatic heterocycles. The molecule has 0 spiro atoms. The summed E-state index contributed by atoms with van der Waals surface area (Å²) >= 11 is 0. The second kappa shape index (κ2) is 21.4. The Balaban J connectivity index is 1.98. The quantitative estimate of drug-likeness (QED) is 0.0853. The summed E-state index contributed by atoms with van der Waals surface area (Å²) in [4.78, 5) is 31.2. The summed E-state index contributed by atoms with van der Waals surface area (Å²) in [5.74, 6) is -0.0295. The topological polar surface area (TPSA) is 150 Å². The number of carbonyl (C=O) groups excluding carboxylic acids is 1. The predicted molar refractivity (Wildman–Crippen MR) is 146 cm³/mol. The van der Waals surface area contributed by atoms with Crippen LogP contribution in [-0.2, 0) is 36.8 Å². The molecule has 0 bridgehead atoms. The van der Waals surface area contributed by atoms with Crippen LogP contribution in [0.1, 0.15) is 110 Å². The molecule has 0 aromatic carbocycles. The zero-order valence-electron chi connectivity index (χ0n) is 23.4. The molecule has 0 aliphatic carbocycles. The highest BCUT2D eigenvalue weighted by Gasteiger charge is 2.37. The van der Waals surface area contributed by atoms with Crippen LogP contribution < -0.4 is 5.32 Å². The number of ether oxygens (including phenoxy) is 1. The number of phosphoric acid groups is 2. The van der Waals surface area contributed by atoms with Crippen molar-refractivity contribution in [1.82, 2.24) is 5.32 Å². The third-order valence-electron chi connectivity index (χ3n) is 6.46. The minimum Gasteiger partial charge on any atom is -0.373 e. The van der Waals surface area contributed by atoms with Crippen LogP contribution in [0.4, 0.5) is 0 Å². The molecule has 1 saturated heterocycles. The number of phosphoric ester groups is 2. The maximum Gasteiger partial charge on any atom is 0.472 e. The van der Waals surface area contributed by atoms with Crippen LogP contribution in [-0.4, -0.2) is 61.4 Å². The second-order valence-corrected chi connectivity index (χ2v) is 12.8. The van der Waals surface area contributed by atoms with E-state index in [-0.39, 0.29) is 25.7 Å². The van der Waals surface area contributed by atoms with Crippen LogP contribution in [0.15, 0.2) is 0 Å². The van der Waals surface area contributed by atoms with Crippen molar-refractivity contribution < 1.29 is 46.5 Å². The maximum absolute atomic E-state index is 12.1. The first-order chi connectivity index (χ1) is 18.2. The molecule has 1 heterocycles. The number of hydrogen-bond acceptors (Lipinski definition) is 8. The Labute approximate surface area is 228 Å². The van der Waals surface area contributed by atoms with Gasteiger partial charge in [0, 0.05) is 33.1 Å². The van der Waals surface area contributed by atoms with Gasteiger partial charge in [0.1, 0.15) is 12.2 Å².